The molecule has 0 radical (unpaired) electrons. The lowest BCUT2D eigenvalue weighted by Gasteiger charge is -2.13. The fourth-order valence-corrected chi connectivity index (χ4v) is 4.20. The highest BCUT2D eigenvalue weighted by Crippen LogP contribution is 2.27. The summed E-state index contributed by atoms with van der Waals surface area (Å²) in [7, 11) is -3.58. The third kappa shape index (κ3) is 4.74. The van der Waals surface area contributed by atoms with Crippen LogP contribution in [0.15, 0.2) is 42.5 Å². The molecule has 3 aromatic rings. The molecule has 0 spiro atoms. The molecular weight excluding hydrogens is 421 g/mol. The molecule has 1 aliphatic heterocycles. The number of aromatic nitrogens is 3. The highest BCUT2D eigenvalue weighted by Gasteiger charge is 2.19. The zero-order chi connectivity index (χ0) is 22.0. The first-order valence-electron chi connectivity index (χ1n) is 9.92. The molecule has 0 aliphatic carbocycles. The van der Waals surface area contributed by atoms with E-state index in [9.17, 15) is 17.6 Å². The lowest BCUT2D eigenvalue weighted by molar-refractivity contribution is 0.102. The number of benzene rings is 2. The lowest BCUT2D eigenvalue weighted by atomic mass is 10.1. The van der Waals surface area contributed by atoms with Gasteiger partial charge in [-0.2, -0.15) is 0 Å². The van der Waals surface area contributed by atoms with Crippen LogP contribution in [0.1, 0.15) is 35.4 Å². The molecule has 4 rings (SSSR count). The summed E-state index contributed by atoms with van der Waals surface area (Å²) in [4.78, 5) is 12.8. The van der Waals surface area contributed by atoms with E-state index in [1.165, 1.54) is 24.3 Å². The summed E-state index contributed by atoms with van der Waals surface area (Å²) >= 11 is 0. The number of carbonyl (C=O) groups excluding carboxylic acids is 1. The van der Waals surface area contributed by atoms with Crippen LogP contribution in [0.5, 0.6) is 0 Å². The van der Waals surface area contributed by atoms with Crippen LogP contribution in [0.2, 0.25) is 0 Å². The average molecular weight is 444 g/mol. The number of nitrogens with zero attached hydrogens (tertiary/aromatic N) is 3. The Kier molecular flexibility index (Phi) is 5.73. The van der Waals surface area contributed by atoms with E-state index < -0.39 is 21.7 Å². The number of hydrogen-bond donors (Lipinski definition) is 2. The van der Waals surface area contributed by atoms with Gasteiger partial charge in [-0.1, -0.05) is 18.6 Å². The summed E-state index contributed by atoms with van der Waals surface area (Å²) in [6, 6.07) is 10.5. The molecule has 0 bridgehead atoms. The molecular formula is C21H22FN5O3S. The molecule has 8 nitrogen and oxygen atoms in total. The molecule has 1 aliphatic rings. The number of carbonyl (C=O) groups is 1. The van der Waals surface area contributed by atoms with E-state index in [1.54, 1.807) is 18.2 Å². The summed E-state index contributed by atoms with van der Waals surface area (Å²) in [6.07, 6.45) is 5.04. The van der Waals surface area contributed by atoms with Crippen LogP contribution in [0.4, 0.5) is 15.8 Å². The van der Waals surface area contributed by atoms with E-state index in [0.717, 1.165) is 44.3 Å². The van der Waals surface area contributed by atoms with Gasteiger partial charge in [-0.15, -0.1) is 10.2 Å². The van der Waals surface area contributed by atoms with Gasteiger partial charge in [0.1, 0.15) is 11.6 Å². The first-order chi connectivity index (χ1) is 14.8. The van der Waals surface area contributed by atoms with Gasteiger partial charge in [-0.05, 0) is 43.2 Å². The van der Waals surface area contributed by atoms with Gasteiger partial charge < -0.3 is 9.88 Å². The molecule has 31 heavy (non-hydrogen) atoms. The molecule has 0 unspecified atom stereocenters. The van der Waals surface area contributed by atoms with Gasteiger partial charge in [-0.25, -0.2) is 12.8 Å². The first-order valence-corrected chi connectivity index (χ1v) is 11.8. The van der Waals surface area contributed by atoms with E-state index >= 15 is 0 Å². The zero-order valence-electron chi connectivity index (χ0n) is 16.9. The minimum atomic E-state index is -3.58. The maximum Gasteiger partial charge on any atom is 0.257 e. The Hall–Kier alpha value is -3.27. The van der Waals surface area contributed by atoms with Crippen molar-refractivity contribution in [1.29, 1.82) is 0 Å². The Bertz CT molecular complexity index is 1240. The number of para-hydroxylation sites is 1. The van der Waals surface area contributed by atoms with Crippen LogP contribution in [0.3, 0.4) is 0 Å². The zero-order valence-corrected chi connectivity index (χ0v) is 17.7. The maximum atomic E-state index is 14.5. The summed E-state index contributed by atoms with van der Waals surface area (Å²) in [5.74, 6) is 0.291. The molecule has 2 aromatic carbocycles. The summed E-state index contributed by atoms with van der Waals surface area (Å²) in [5, 5.41) is 11.1. The molecule has 1 aromatic heterocycles. The molecule has 1 amide bonds. The Balaban J connectivity index is 1.64. The van der Waals surface area contributed by atoms with Crippen LogP contribution in [0, 0.1) is 5.82 Å². The molecule has 0 saturated carbocycles. The third-order valence-electron chi connectivity index (χ3n) is 5.05. The van der Waals surface area contributed by atoms with Crippen LogP contribution >= 0.6 is 0 Å². The highest BCUT2D eigenvalue weighted by molar-refractivity contribution is 7.92. The predicted octanol–water partition coefficient (Wildman–Crippen LogP) is 3.43. The van der Waals surface area contributed by atoms with Crippen LogP contribution in [-0.2, 0) is 23.0 Å². The molecule has 2 N–H and O–H groups in total. The largest absolute Gasteiger partial charge is 0.319 e. The Labute approximate surface area is 179 Å². The minimum Gasteiger partial charge on any atom is -0.319 e. The highest BCUT2D eigenvalue weighted by atomic mass is 32.2. The van der Waals surface area contributed by atoms with Gasteiger partial charge in [-0.3, -0.25) is 9.52 Å². The van der Waals surface area contributed by atoms with E-state index in [0.29, 0.717) is 11.4 Å². The second kappa shape index (κ2) is 8.46. The number of rotatable bonds is 5. The number of aryl methyl sites for hydroxylation is 1. The molecule has 0 fully saturated rings. The van der Waals surface area contributed by atoms with Crippen molar-refractivity contribution in [2.45, 2.75) is 32.2 Å². The maximum absolute atomic E-state index is 14.5. The average Bonchev–Trinajstić information content (AvgIpc) is 2.97. The fourth-order valence-electron chi connectivity index (χ4n) is 3.62. The number of amides is 1. The summed E-state index contributed by atoms with van der Waals surface area (Å²) in [6.45, 7) is 0.793. The second-order valence-corrected chi connectivity index (χ2v) is 9.22. The van der Waals surface area contributed by atoms with Crippen molar-refractivity contribution in [3.05, 3.63) is 59.7 Å². The Morgan fingerprint density at radius 3 is 2.68 bits per heavy atom. The van der Waals surface area contributed by atoms with Gasteiger partial charge in [0.05, 0.1) is 23.2 Å². The van der Waals surface area contributed by atoms with E-state index in [2.05, 4.69) is 20.2 Å². The van der Waals surface area contributed by atoms with Crippen LogP contribution < -0.4 is 10.0 Å². The van der Waals surface area contributed by atoms with Crippen molar-refractivity contribution in [3.8, 4) is 11.4 Å². The van der Waals surface area contributed by atoms with Crippen molar-refractivity contribution in [2.24, 2.45) is 0 Å². The van der Waals surface area contributed by atoms with Crippen molar-refractivity contribution in [1.82, 2.24) is 14.8 Å². The van der Waals surface area contributed by atoms with Crippen molar-refractivity contribution < 1.29 is 17.6 Å². The third-order valence-corrected chi connectivity index (χ3v) is 5.64. The molecule has 0 atom stereocenters. The topological polar surface area (TPSA) is 106 Å². The van der Waals surface area contributed by atoms with E-state index in [-0.39, 0.29) is 16.9 Å². The van der Waals surface area contributed by atoms with Crippen molar-refractivity contribution in [3.63, 3.8) is 0 Å². The van der Waals surface area contributed by atoms with E-state index in [1.807, 2.05) is 4.57 Å². The van der Waals surface area contributed by atoms with Crippen LogP contribution in [-0.4, -0.2) is 35.3 Å². The van der Waals surface area contributed by atoms with E-state index in [4.69, 9.17) is 0 Å². The molecule has 162 valence electrons. The number of anilines is 2. The minimum absolute atomic E-state index is 0.0253. The van der Waals surface area contributed by atoms with Crippen LogP contribution in [0.25, 0.3) is 11.4 Å². The Morgan fingerprint density at radius 1 is 1.06 bits per heavy atom. The van der Waals surface area contributed by atoms with Gasteiger partial charge in [0.25, 0.3) is 5.91 Å². The van der Waals surface area contributed by atoms with Crippen molar-refractivity contribution >= 4 is 27.3 Å². The monoisotopic (exact) mass is 443 g/mol. The summed E-state index contributed by atoms with van der Waals surface area (Å²) < 4.78 is 42.0. The predicted molar refractivity (Wildman–Crippen MR) is 116 cm³/mol. The number of nitrogens with one attached hydrogen (secondary N) is 2. The fraction of sp³-hybridized carbons (Fsp3) is 0.286. The lowest BCUT2D eigenvalue weighted by Crippen LogP contribution is -2.18. The molecule has 2 heterocycles. The van der Waals surface area contributed by atoms with Gasteiger partial charge in [0, 0.05) is 18.5 Å². The number of fused-ring (bicyclic) bond motifs is 1. The number of hydrogen-bond acceptors (Lipinski definition) is 5. The van der Waals surface area contributed by atoms with Crippen molar-refractivity contribution in [2.75, 3.05) is 16.3 Å². The summed E-state index contributed by atoms with van der Waals surface area (Å²) in [5.41, 5.74) is 0.804. The smallest absolute Gasteiger partial charge is 0.257 e. The first kappa shape index (κ1) is 21.0. The standard InChI is InChI=1S/C21H22FN5O3S/c1-31(29,30)26-17-8-5-4-7-15(17)21(28)23-18-13-14(10-11-16(18)22)20-25-24-19-9-3-2-6-12-27(19)20/h4-5,7-8,10-11,13,26H,2-3,6,9,12H2,1H3,(H,23,28). The quantitative estimate of drug-likeness (QED) is 0.628. The number of sulfonamides is 1. The SMILES string of the molecule is CS(=O)(=O)Nc1ccccc1C(=O)Nc1cc(-c2nnc3n2CCCCC3)ccc1F. The molecule has 0 saturated heterocycles. The van der Waals surface area contributed by atoms with Gasteiger partial charge in [0.15, 0.2) is 5.82 Å². The molecule has 10 heteroatoms. The number of halogens is 1. The van der Waals surface area contributed by atoms with Gasteiger partial charge >= 0.3 is 0 Å². The second-order valence-electron chi connectivity index (χ2n) is 7.47. The van der Waals surface area contributed by atoms with Gasteiger partial charge in [0.2, 0.25) is 10.0 Å². The Morgan fingerprint density at radius 2 is 1.87 bits per heavy atom. The normalized spacial score (nSPS) is 13.9.